The largest absolute Gasteiger partial charge is 0.381 e. The maximum atomic E-state index is 11.6. The van der Waals surface area contributed by atoms with Crippen LogP contribution in [0.3, 0.4) is 0 Å². The number of urea groups is 1. The van der Waals surface area contributed by atoms with E-state index in [1.807, 2.05) is 13.1 Å². The maximum absolute atomic E-state index is 11.6. The molecule has 5 heteroatoms. The molecule has 2 amide bonds. The molecule has 1 atom stereocenters. The van der Waals surface area contributed by atoms with Crippen molar-refractivity contribution in [3.63, 3.8) is 0 Å². The normalized spacial score (nSPS) is 21.3. The maximum Gasteiger partial charge on any atom is 0.321 e. The van der Waals surface area contributed by atoms with Gasteiger partial charge < -0.3 is 15.0 Å². The van der Waals surface area contributed by atoms with Crippen LogP contribution >= 0.6 is 15.9 Å². The Balaban J connectivity index is 1.81. The van der Waals surface area contributed by atoms with Crippen molar-refractivity contribution in [1.29, 1.82) is 0 Å². The van der Waals surface area contributed by atoms with Gasteiger partial charge in [0.2, 0.25) is 0 Å². The van der Waals surface area contributed by atoms with E-state index in [1.54, 1.807) is 4.90 Å². The monoisotopic (exact) mass is 338 g/mol. The molecule has 108 valence electrons. The summed E-state index contributed by atoms with van der Waals surface area (Å²) in [7, 11) is 1.81. The van der Waals surface area contributed by atoms with Crippen molar-refractivity contribution >= 4 is 27.6 Å². The van der Waals surface area contributed by atoms with Gasteiger partial charge >= 0.3 is 6.03 Å². The van der Waals surface area contributed by atoms with Crippen LogP contribution in [0, 0.1) is 5.92 Å². The predicted molar refractivity (Wildman–Crippen MR) is 82.1 cm³/mol. The number of amides is 2. The highest BCUT2D eigenvalue weighted by molar-refractivity contribution is 9.09. The van der Waals surface area contributed by atoms with E-state index in [4.69, 9.17) is 4.74 Å². The third-order valence-corrected chi connectivity index (χ3v) is 5.40. The summed E-state index contributed by atoms with van der Waals surface area (Å²) < 4.78 is 5.43. The van der Waals surface area contributed by atoms with Gasteiger partial charge in [0.05, 0.1) is 0 Å². The number of hydrogen-bond acceptors (Lipinski definition) is 2. The van der Waals surface area contributed by atoms with Gasteiger partial charge in [0, 0.05) is 37.3 Å². The lowest BCUT2D eigenvalue weighted by Crippen LogP contribution is -2.35. The number of halogens is 1. The number of rotatable bonds is 2. The van der Waals surface area contributed by atoms with Gasteiger partial charge in [-0.15, -0.1) is 0 Å². The molecule has 1 aromatic carbocycles. The fourth-order valence-electron chi connectivity index (χ4n) is 2.86. The Kier molecular flexibility index (Phi) is 3.98. The Bertz CT molecular complexity index is 515. The van der Waals surface area contributed by atoms with Crippen LogP contribution in [-0.4, -0.2) is 31.2 Å². The van der Waals surface area contributed by atoms with Gasteiger partial charge in [-0.1, -0.05) is 28.1 Å². The van der Waals surface area contributed by atoms with Crippen molar-refractivity contribution in [2.24, 2.45) is 5.92 Å². The zero-order chi connectivity index (χ0) is 14.1. The van der Waals surface area contributed by atoms with Crippen LogP contribution in [0.2, 0.25) is 0 Å². The third kappa shape index (κ3) is 2.69. The van der Waals surface area contributed by atoms with Crippen LogP contribution in [0.4, 0.5) is 10.5 Å². The Morgan fingerprint density at radius 1 is 1.40 bits per heavy atom. The van der Waals surface area contributed by atoms with Crippen LogP contribution in [0.15, 0.2) is 18.2 Å². The highest BCUT2D eigenvalue weighted by atomic mass is 79.9. The molecule has 2 aliphatic rings. The summed E-state index contributed by atoms with van der Waals surface area (Å²) in [6.07, 6.45) is 2.20. The van der Waals surface area contributed by atoms with E-state index in [2.05, 4.69) is 33.4 Å². The molecular formula is C15H19BrN2O2. The number of carbonyl (C=O) groups excluding carboxylic acids is 1. The summed E-state index contributed by atoms with van der Waals surface area (Å²) in [5.41, 5.74) is 3.41. The number of nitrogens with zero attached hydrogens (tertiary/aromatic N) is 1. The summed E-state index contributed by atoms with van der Waals surface area (Å²) >= 11 is 3.85. The number of ether oxygens (including phenoxy) is 1. The number of carbonyl (C=O) groups is 1. The van der Waals surface area contributed by atoms with E-state index in [0.717, 1.165) is 31.7 Å². The standard InChI is InChI=1S/C15H19BrN2O2/c1-18-9-12-8-11(2-3-13(12)17-15(18)19)14(16)10-4-6-20-7-5-10/h2-3,8,10,14H,4-7,9H2,1H3,(H,17,19). The molecule has 0 aromatic heterocycles. The van der Waals surface area contributed by atoms with Gasteiger partial charge in [0.25, 0.3) is 0 Å². The number of hydrogen-bond donors (Lipinski definition) is 1. The van der Waals surface area contributed by atoms with Crippen LogP contribution in [0.25, 0.3) is 0 Å². The second-order valence-electron chi connectivity index (χ2n) is 5.55. The smallest absolute Gasteiger partial charge is 0.321 e. The summed E-state index contributed by atoms with van der Waals surface area (Å²) in [4.78, 5) is 13.7. The lowest BCUT2D eigenvalue weighted by molar-refractivity contribution is 0.0662. The van der Waals surface area contributed by atoms with Crippen LogP contribution in [0.1, 0.15) is 28.8 Å². The van der Waals surface area contributed by atoms with Crippen LogP contribution in [-0.2, 0) is 11.3 Å². The van der Waals surface area contributed by atoms with Gasteiger partial charge in [0.15, 0.2) is 0 Å². The molecule has 2 heterocycles. The lowest BCUT2D eigenvalue weighted by atomic mass is 9.91. The van der Waals surface area contributed by atoms with Gasteiger partial charge in [-0.3, -0.25) is 0 Å². The summed E-state index contributed by atoms with van der Waals surface area (Å²) in [5, 5.41) is 2.91. The fourth-order valence-corrected chi connectivity index (χ4v) is 3.67. The topological polar surface area (TPSA) is 41.6 Å². The van der Waals surface area contributed by atoms with Crippen LogP contribution in [0.5, 0.6) is 0 Å². The van der Waals surface area contributed by atoms with Gasteiger partial charge in [-0.05, 0) is 36.0 Å². The minimum atomic E-state index is -0.0370. The second kappa shape index (κ2) is 5.74. The summed E-state index contributed by atoms with van der Waals surface area (Å²) in [6.45, 7) is 2.38. The Hall–Kier alpha value is -1.07. The first-order valence-corrected chi connectivity index (χ1v) is 7.93. The molecule has 20 heavy (non-hydrogen) atoms. The molecule has 1 unspecified atom stereocenters. The molecule has 1 saturated heterocycles. The van der Waals surface area contributed by atoms with E-state index in [-0.39, 0.29) is 6.03 Å². The SMILES string of the molecule is CN1Cc2cc(C(Br)C3CCOCC3)ccc2NC1=O. The van der Waals surface area contributed by atoms with Gasteiger partial charge in [-0.25, -0.2) is 4.79 Å². The first-order chi connectivity index (χ1) is 9.65. The summed E-state index contributed by atoms with van der Waals surface area (Å²) in [6, 6.07) is 6.30. The zero-order valence-corrected chi connectivity index (χ0v) is 13.1. The van der Waals surface area contributed by atoms with E-state index in [1.165, 1.54) is 11.1 Å². The quantitative estimate of drug-likeness (QED) is 0.838. The molecule has 0 aliphatic carbocycles. The molecule has 0 bridgehead atoms. The van der Waals surface area contributed by atoms with E-state index < -0.39 is 0 Å². The van der Waals surface area contributed by atoms with E-state index in [0.29, 0.717) is 17.3 Å². The van der Waals surface area contributed by atoms with Crippen molar-refractivity contribution in [3.8, 4) is 0 Å². The third-order valence-electron chi connectivity index (χ3n) is 4.12. The van der Waals surface area contributed by atoms with Crippen molar-refractivity contribution in [2.45, 2.75) is 24.2 Å². The second-order valence-corrected chi connectivity index (χ2v) is 6.54. The Morgan fingerprint density at radius 3 is 2.90 bits per heavy atom. The zero-order valence-electron chi connectivity index (χ0n) is 11.6. The Labute approximate surface area is 127 Å². The van der Waals surface area contributed by atoms with E-state index >= 15 is 0 Å². The average Bonchev–Trinajstić information content (AvgIpc) is 2.48. The number of fused-ring (bicyclic) bond motifs is 1. The minimum Gasteiger partial charge on any atom is -0.381 e. The fraction of sp³-hybridized carbons (Fsp3) is 0.533. The molecule has 1 aromatic rings. The molecule has 2 aliphatic heterocycles. The highest BCUT2D eigenvalue weighted by Crippen LogP contribution is 2.38. The molecule has 1 N–H and O–H groups in total. The molecule has 4 nitrogen and oxygen atoms in total. The molecule has 0 spiro atoms. The number of alkyl halides is 1. The molecule has 0 radical (unpaired) electrons. The van der Waals surface area contributed by atoms with Crippen molar-refractivity contribution in [2.75, 3.05) is 25.6 Å². The van der Waals surface area contributed by atoms with E-state index in [9.17, 15) is 4.79 Å². The van der Waals surface area contributed by atoms with Gasteiger partial charge in [0.1, 0.15) is 0 Å². The number of benzene rings is 1. The highest BCUT2D eigenvalue weighted by Gasteiger charge is 2.25. The predicted octanol–water partition coefficient (Wildman–Crippen LogP) is 3.53. The first-order valence-electron chi connectivity index (χ1n) is 7.02. The number of anilines is 1. The van der Waals surface area contributed by atoms with Crippen molar-refractivity contribution in [1.82, 2.24) is 4.90 Å². The molecular weight excluding hydrogens is 320 g/mol. The number of nitrogens with one attached hydrogen (secondary N) is 1. The minimum absolute atomic E-state index is 0.0370. The summed E-state index contributed by atoms with van der Waals surface area (Å²) in [5.74, 6) is 0.623. The van der Waals surface area contributed by atoms with Crippen molar-refractivity contribution in [3.05, 3.63) is 29.3 Å². The Morgan fingerprint density at radius 2 is 2.15 bits per heavy atom. The van der Waals surface area contributed by atoms with Crippen molar-refractivity contribution < 1.29 is 9.53 Å². The molecule has 1 fully saturated rings. The average molecular weight is 339 g/mol. The lowest BCUT2D eigenvalue weighted by Gasteiger charge is -2.29. The molecule has 3 rings (SSSR count). The molecule has 0 saturated carbocycles. The van der Waals surface area contributed by atoms with Gasteiger partial charge in [-0.2, -0.15) is 0 Å². The van der Waals surface area contributed by atoms with Crippen LogP contribution < -0.4 is 5.32 Å². The first kappa shape index (κ1) is 13.9.